The minimum Gasteiger partial charge on any atom is -0.456 e. The molecule has 76 heavy (non-hydrogen) atoms. The van der Waals surface area contributed by atoms with E-state index in [0.717, 1.165) is 78.0 Å². The fourth-order valence-corrected chi connectivity index (χ4v) is 13.5. The first-order chi connectivity index (χ1) is 37.2. The van der Waals surface area contributed by atoms with Crippen LogP contribution in [0.4, 0.5) is 34.1 Å². The van der Waals surface area contributed by atoms with E-state index in [0.29, 0.717) is 0 Å². The molecule has 0 amide bonds. The Balaban J connectivity index is 0.934. The molecule has 0 radical (unpaired) electrons. The lowest BCUT2D eigenvalue weighted by molar-refractivity contribution is 0.639. The van der Waals surface area contributed by atoms with E-state index in [1.54, 1.807) is 0 Å². The number of benzene rings is 12. The lowest BCUT2D eigenvalue weighted by atomic mass is 9.77. The molecule has 0 fully saturated rings. The van der Waals surface area contributed by atoms with Crippen LogP contribution in [0.25, 0.3) is 98.4 Å². The summed E-state index contributed by atoms with van der Waals surface area (Å²) in [4.78, 5) is 4.89. The van der Waals surface area contributed by atoms with Gasteiger partial charge in [-0.1, -0.05) is 161 Å². The van der Waals surface area contributed by atoms with E-state index >= 15 is 0 Å². The van der Waals surface area contributed by atoms with Gasteiger partial charge in [0.15, 0.2) is 0 Å². The van der Waals surface area contributed by atoms with Gasteiger partial charge in [-0.25, -0.2) is 0 Å². The molecule has 0 unspecified atom stereocenters. The molecule has 4 heteroatoms. The highest BCUT2D eigenvalue weighted by Gasteiger charge is 2.44. The van der Waals surface area contributed by atoms with E-state index in [9.17, 15) is 0 Å². The third-order valence-corrected chi connectivity index (χ3v) is 17.2. The van der Waals surface area contributed by atoms with Gasteiger partial charge >= 0.3 is 0 Å². The average Bonchev–Trinajstić information content (AvgIpc) is 4.35. The number of nitrogens with zero attached hydrogens (tertiary/aromatic N) is 2. The Morgan fingerprint density at radius 2 is 0.711 bits per heavy atom. The lowest BCUT2D eigenvalue weighted by Gasteiger charge is -2.31. The van der Waals surface area contributed by atoms with E-state index < -0.39 is 0 Å². The lowest BCUT2D eigenvalue weighted by Crippen LogP contribution is -2.20. The fourth-order valence-electron chi connectivity index (χ4n) is 13.5. The van der Waals surface area contributed by atoms with Gasteiger partial charge in [-0.15, -0.1) is 0 Å². The third kappa shape index (κ3) is 5.95. The van der Waals surface area contributed by atoms with Crippen molar-refractivity contribution in [3.63, 3.8) is 0 Å². The van der Waals surface area contributed by atoms with Gasteiger partial charge in [0.25, 0.3) is 0 Å². The molecule has 4 nitrogen and oxygen atoms in total. The Hall–Kier alpha value is -9.38. The third-order valence-electron chi connectivity index (χ3n) is 17.2. The Labute approximate surface area is 440 Å². The zero-order valence-corrected chi connectivity index (χ0v) is 42.7. The molecule has 2 aromatic heterocycles. The molecule has 0 atom stereocenters. The zero-order chi connectivity index (χ0) is 50.6. The molecule has 0 saturated carbocycles. The van der Waals surface area contributed by atoms with Crippen molar-refractivity contribution in [1.82, 2.24) is 0 Å². The second-order valence-corrected chi connectivity index (χ2v) is 22.0. The summed E-state index contributed by atoms with van der Waals surface area (Å²) in [6.45, 7) is 9.74. The molecule has 0 saturated heterocycles. The number of para-hydroxylation sites is 4. The van der Waals surface area contributed by atoms with Crippen LogP contribution in [0.3, 0.4) is 0 Å². The average molecular weight is 975 g/mol. The molecular formula is C72H50N2O2. The Bertz CT molecular complexity index is 4770. The number of anilines is 6. The number of rotatable bonds is 6. The Morgan fingerprint density at radius 3 is 1.32 bits per heavy atom. The van der Waals surface area contributed by atoms with Crippen molar-refractivity contribution in [2.24, 2.45) is 0 Å². The molecule has 2 aliphatic carbocycles. The molecule has 14 aromatic rings. The number of hydrogen-bond acceptors (Lipinski definition) is 4. The summed E-state index contributed by atoms with van der Waals surface area (Å²) in [5.41, 5.74) is 20.2. The van der Waals surface area contributed by atoms with Gasteiger partial charge in [0, 0.05) is 71.6 Å². The van der Waals surface area contributed by atoms with Crippen molar-refractivity contribution in [1.29, 1.82) is 0 Å². The van der Waals surface area contributed by atoms with E-state index in [4.69, 9.17) is 8.83 Å². The second-order valence-electron chi connectivity index (χ2n) is 22.0. The molecule has 12 aromatic carbocycles. The fraction of sp³-hybridized carbons (Fsp3) is 0.0833. The van der Waals surface area contributed by atoms with Crippen LogP contribution in [0, 0.1) is 0 Å². The van der Waals surface area contributed by atoms with Crippen molar-refractivity contribution < 1.29 is 8.83 Å². The van der Waals surface area contributed by atoms with Gasteiger partial charge in [-0.05, 0) is 163 Å². The van der Waals surface area contributed by atoms with Crippen LogP contribution >= 0.6 is 0 Å². The summed E-state index contributed by atoms with van der Waals surface area (Å²) < 4.78 is 12.7. The number of fused-ring (bicyclic) bond motifs is 19. The molecule has 0 bridgehead atoms. The topological polar surface area (TPSA) is 32.8 Å². The molecular weight excluding hydrogens is 925 g/mol. The maximum Gasteiger partial charge on any atom is 0.135 e. The van der Waals surface area contributed by atoms with E-state index in [-0.39, 0.29) is 10.8 Å². The number of furan rings is 2. The summed E-state index contributed by atoms with van der Waals surface area (Å²) in [7, 11) is 0. The molecule has 2 heterocycles. The van der Waals surface area contributed by atoms with Crippen molar-refractivity contribution in [2.45, 2.75) is 38.5 Å². The van der Waals surface area contributed by atoms with E-state index in [1.807, 2.05) is 12.1 Å². The molecule has 0 spiro atoms. The zero-order valence-electron chi connectivity index (χ0n) is 42.7. The van der Waals surface area contributed by atoms with Crippen molar-refractivity contribution in [2.75, 3.05) is 9.80 Å². The first-order valence-electron chi connectivity index (χ1n) is 26.5. The van der Waals surface area contributed by atoms with Crippen molar-refractivity contribution in [3.8, 4) is 22.3 Å². The second kappa shape index (κ2) is 15.6. The minimum absolute atomic E-state index is 0.288. The van der Waals surface area contributed by atoms with Gasteiger partial charge in [0.2, 0.25) is 0 Å². The SMILES string of the molecule is CC1(C)c2cc(N(c3ccccc3)c3ccc4oc5ccccc5c4c3)ccc2-c2cc3c(cc21)C(C)(C)c1cc(N(c2ccccc2)c2ccc4oc5ccccc5c4c2)c2c4ccccc4c4ccccc4c2c1-3. The normalized spacial score (nSPS) is 14.0. The van der Waals surface area contributed by atoms with Crippen molar-refractivity contribution in [3.05, 3.63) is 253 Å². The Kier molecular flexibility index (Phi) is 8.83. The predicted molar refractivity (Wildman–Crippen MR) is 318 cm³/mol. The van der Waals surface area contributed by atoms with Crippen LogP contribution in [0.15, 0.2) is 239 Å². The molecule has 0 aliphatic heterocycles. The van der Waals surface area contributed by atoms with Gasteiger partial charge in [0.05, 0.1) is 5.69 Å². The molecule has 0 N–H and O–H groups in total. The smallest absolute Gasteiger partial charge is 0.135 e. The molecule has 360 valence electrons. The highest BCUT2D eigenvalue weighted by Crippen LogP contribution is 2.61. The highest BCUT2D eigenvalue weighted by atomic mass is 16.3. The molecule has 16 rings (SSSR count). The van der Waals surface area contributed by atoms with Gasteiger partial charge in [-0.2, -0.15) is 0 Å². The number of hydrogen-bond donors (Lipinski definition) is 0. The van der Waals surface area contributed by atoms with Crippen LogP contribution in [-0.2, 0) is 10.8 Å². The van der Waals surface area contributed by atoms with Crippen LogP contribution < -0.4 is 9.80 Å². The van der Waals surface area contributed by atoms with E-state index in [2.05, 4.69) is 256 Å². The van der Waals surface area contributed by atoms with Crippen LogP contribution in [0.1, 0.15) is 49.9 Å². The summed E-state index contributed by atoms with van der Waals surface area (Å²) in [6, 6.07) is 84.6. The standard InChI is InChI=1S/C72H50N2O2/c1-71(2)59-39-47(73(43-19-7-5-8-20-43)45-32-35-66-56(37-45)51-25-15-17-29-64(51)75-66)31-34-50(59)55-40-58-61(41-60(55)71)72(3,4)62-42-63(69-53-27-13-11-23-48(53)49-24-12-14-28-54(49)70(69)68(58)62)74(44-21-9-6-10-22-44)46-33-36-67-57(38-46)52-26-16-18-30-65(52)76-67/h5-42H,1-4H3. The summed E-state index contributed by atoms with van der Waals surface area (Å²) >= 11 is 0. The maximum atomic E-state index is 6.42. The highest BCUT2D eigenvalue weighted by molar-refractivity contribution is 6.33. The van der Waals surface area contributed by atoms with Crippen LogP contribution in [0.5, 0.6) is 0 Å². The minimum atomic E-state index is -0.349. The maximum absolute atomic E-state index is 6.42. The van der Waals surface area contributed by atoms with Crippen LogP contribution in [-0.4, -0.2) is 0 Å². The van der Waals surface area contributed by atoms with Gasteiger partial charge < -0.3 is 18.6 Å². The molecule has 2 aliphatic rings. The first-order valence-corrected chi connectivity index (χ1v) is 26.5. The first kappa shape index (κ1) is 43.1. The quantitative estimate of drug-likeness (QED) is 0.155. The van der Waals surface area contributed by atoms with Crippen molar-refractivity contribution >= 4 is 110 Å². The summed E-state index contributed by atoms with van der Waals surface area (Å²) in [5.74, 6) is 0. The monoisotopic (exact) mass is 974 g/mol. The predicted octanol–water partition coefficient (Wildman–Crippen LogP) is 20.5. The van der Waals surface area contributed by atoms with E-state index in [1.165, 1.54) is 76.8 Å². The van der Waals surface area contributed by atoms with Crippen LogP contribution in [0.2, 0.25) is 0 Å². The summed E-state index contributed by atoms with van der Waals surface area (Å²) in [6.07, 6.45) is 0. The van der Waals surface area contributed by atoms with Gasteiger partial charge in [0.1, 0.15) is 22.3 Å². The largest absolute Gasteiger partial charge is 0.456 e. The van der Waals surface area contributed by atoms with Gasteiger partial charge in [-0.3, -0.25) is 0 Å². The summed E-state index contributed by atoms with van der Waals surface area (Å²) in [5, 5.41) is 12.0. The Morgan fingerprint density at radius 1 is 0.276 bits per heavy atom.